The van der Waals surface area contributed by atoms with Crippen molar-refractivity contribution in [3.63, 3.8) is 0 Å². The first-order chi connectivity index (χ1) is 11.0. The van der Waals surface area contributed by atoms with Crippen molar-refractivity contribution < 1.29 is 14.8 Å². The van der Waals surface area contributed by atoms with E-state index in [-0.39, 0.29) is 5.78 Å². The molecular formula is C18H18N2O3. The van der Waals surface area contributed by atoms with Crippen LogP contribution in [0.25, 0.3) is 0 Å². The molecule has 3 rings (SSSR count). The number of hydrogen-bond acceptors (Lipinski definition) is 5. The van der Waals surface area contributed by atoms with Gasteiger partial charge in [-0.15, -0.1) is 5.06 Å². The van der Waals surface area contributed by atoms with Gasteiger partial charge in [0.1, 0.15) is 5.71 Å². The second kappa shape index (κ2) is 5.95. The van der Waals surface area contributed by atoms with E-state index in [0.29, 0.717) is 11.3 Å². The molecule has 1 aliphatic rings. The Hall–Kier alpha value is -2.50. The van der Waals surface area contributed by atoms with E-state index >= 15 is 0 Å². The smallest absolute Gasteiger partial charge is 0.272 e. The number of ketones is 1. The highest BCUT2D eigenvalue weighted by atomic mass is 16.7. The molecule has 2 atom stereocenters. The molecule has 5 nitrogen and oxygen atoms in total. The molecule has 0 aromatic heterocycles. The Kier molecular flexibility index (Phi) is 3.98. The van der Waals surface area contributed by atoms with Gasteiger partial charge in [0, 0.05) is 18.1 Å². The van der Waals surface area contributed by atoms with E-state index in [1.54, 1.807) is 31.2 Å². The zero-order valence-electron chi connectivity index (χ0n) is 13.0. The van der Waals surface area contributed by atoms with Crippen LogP contribution in [0.15, 0.2) is 65.8 Å². The maximum Gasteiger partial charge on any atom is 0.272 e. The summed E-state index contributed by atoms with van der Waals surface area (Å²) in [6, 6.07) is 17.7. The van der Waals surface area contributed by atoms with Gasteiger partial charge >= 0.3 is 0 Å². The molecule has 118 valence electrons. The minimum absolute atomic E-state index is 0.344. The van der Waals surface area contributed by atoms with Gasteiger partial charge in [0.15, 0.2) is 0 Å². The normalized spacial score (nSPS) is 24.7. The highest BCUT2D eigenvalue weighted by molar-refractivity contribution is 6.06. The molecular weight excluding hydrogens is 292 g/mol. The highest BCUT2D eigenvalue weighted by Crippen LogP contribution is 2.29. The van der Waals surface area contributed by atoms with Crippen LogP contribution in [0.1, 0.15) is 29.8 Å². The molecule has 0 saturated carbocycles. The SMILES string of the molecule is C[C@H]1C(c2ccccc2)=NO[C@@](C)(C(=O)c2ccccc2)N1O. The van der Waals surface area contributed by atoms with Crippen molar-refractivity contribution >= 4 is 11.5 Å². The molecule has 0 saturated heterocycles. The van der Waals surface area contributed by atoms with Crippen LogP contribution in [0, 0.1) is 0 Å². The Bertz CT molecular complexity index is 730. The summed E-state index contributed by atoms with van der Waals surface area (Å²) >= 11 is 0. The lowest BCUT2D eigenvalue weighted by Crippen LogP contribution is -2.60. The number of benzene rings is 2. The van der Waals surface area contributed by atoms with Gasteiger partial charge in [-0.2, -0.15) is 0 Å². The van der Waals surface area contributed by atoms with Gasteiger partial charge in [0.05, 0.1) is 6.04 Å². The first-order valence-electron chi connectivity index (χ1n) is 7.43. The molecule has 1 heterocycles. The number of carbonyl (C=O) groups is 1. The maximum absolute atomic E-state index is 12.7. The van der Waals surface area contributed by atoms with E-state index < -0.39 is 11.8 Å². The molecule has 0 fully saturated rings. The Labute approximate surface area is 134 Å². The van der Waals surface area contributed by atoms with Gasteiger partial charge in [0.25, 0.3) is 5.72 Å². The van der Waals surface area contributed by atoms with Crippen LogP contribution in [0.2, 0.25) is 0 Å². The average molecular weight is 310 g/mol. The fourth-order valence-electron chi connectivity index (χ4n) is 2.65. The lowest BCUT2D eigenvalue weighted by atomic mass is 9.97. The van der Waals surface area contributed by atoms with Crippen molar-refractivity contribution in [3.8, 4) is 0 Å². The number of rotatable bonds is 3. The standard InChI is InChI=1S/C18H18N2O3/c1-13-16(14-9-5-3-6-10-14)19-23-18(2,20(13)22)17(21)15-11-7-4-8-12-15/h3-13,22H,1-2H3/t13-,18-/m0/s1. The largest absolute Gasteiger partial charge is 0.362 e. The Morgan fingerprint density at radius 1 is 1.13 bits per heavy atom. The van der Waals surface area contributed by atoms with E-state index in [0.717, 1.165) is 10.6 Å². The lowest BCUT2D eigenvalue weighted by Gasteiger charge is -2.40. The van der Waals surface area contributed by atoms with Crippen LogP contribution in [-0.4, -0.2) is 33.5 Å². The van der Waals surface area contributed by atoms with Gasteiger partial charge in [-0.3, -0.25) is 4.79 Å². The van der Waals surface area contributed by atoms with E-state index in [1.165, 1.54) is 6.92 Å². The summed E-state index contributed by atoms with van der Waals surface area (Å²) in [5.41, 5.74) is 0.318. The molecule has 0 amide bonds. The monoisotopic (exact) mass is 310 g/mol. The summed E-state index contributed by atoms with van der Waals surface area (Å²) in [5.74, 6) is -0.344. The molecule has 0 unspecified atom stereocenters. The van der Waals surface area contributed by atoms with Crippen LogP contribution >= 0.6 is 0 Å². The number of hydrogen-bond donors (Lipinski definition) is 1. The number of hydroxylamine groups is 2. The fourth-order valence-corrected chi connectivity index (χ4v) is 2.65. The van der Waals surface area contributed by atoms with Crippen LogP contribution in [0.5, 0.6) is 0 Å². The molecule has 0 bridgehead atoms. The molecule has 1 N–H and O–H groups in total. The predicted molar refractivity (Wildman–Crippen MR) is 86.3 cm³/mol. The minimum atomic E-state index is -1.56. The molecule has 2 aromatic rings. The summed E-state index contributed by atoms with van der Waals surface area (Å²) in [7, 11) is 0. The second-order valence-corrected chi connectivity index (χ2v) is 5.63. The first-order valence-corrected chi connectivity index (χ1v) is 7.43. The average Bonchev–Trinajstić information content (AvgIpc) is 2.61. The van der Waals surface area contributed by atoms with Gasteiger partial charge < -0.3 is 10.0 Å². The molecule has 1 aliphatic heterocycles. The van der Waals surface area contributed by atoms with Gasteiger partial charge in [0.2, 0.25) is 5.78 Å². The summed E-state index contributed by atoms with van der Waals surface area (Å²) < 4.78 is 0. The molecule has 0 aliphatic carbocycles. The number of Topliss-reactive ketones (excluding diaryl/α,β-unsaturated/α-hetero) is 1. The molecule has 5 heteroatoms. The third-order valence-corrected chi connectivity index (χ3v) is 4.05. The molecule has 23 heavy (non-hydrogen) atoms. The van der Waals surface area contributed by atoms with Crippen LogP contribution in [0.4, 0.5) is 0 Å². The zero-order chi connectivity index (χ0) is 16.4. The van der Waals surface area contributed by atoms with E-state index in [1.807, 2.05) is 36.4 Å². The maximum atomic E-state index is 12.7. The Morgan fingerprint density at radius 3 is 2.30 bits per heavy atom. The van der Waals surface area contributed by atoms with E-state index in [2.05, 4.69) is 5.16 Å². The van der Waals surface area contributed by atoms with Gasteiger partial charge in [-0.25, -0.2) is 0 Å². The molecule has 2 aromatic carbocycles. The van der Waals surface area contributed by atoms with Crippen LogP contribution < -0.4 is 0 Å². The Balaban J connectivity index is 1.95. The molecule has 0 radical (unpaired) electrons. The minimum Gasteiger partial charge on any atom is -0.362 e. The summed E-state index contributed by atoms with van der Waals surface area (Å²) in [6.45, 7) is 3.30. The van der Waals surface area contributed by atoms with Crippen molar-refractivity contribution in [2.45, 2.75) is 25.6 Å². The summed E-state index contributed by atoms with van der Waals surface area (Å²) in [5, 5.41) is 15.6. The number of nitrogens with zero attached hydrogens (tertiary/aromatic N) is 2. The Morgan fingerprint density at radius 2 is 1.70 bits per heavy atom. The third-order valence-electron chi connectivity index (χ3n) is 4.05. The number of carbonyl (C=O) groups excluding carboxylic acids is 1. The van der Waals surface area contributed by atoms with Crippen molar-refractivity contribution in [3.05, 3.63) is 71.8 Å². The highest BCUT2D eigenvalue weighted by Gasteiger charge is 2.49. The van der Waals surface area contributed by atoms with Crippen LogP contribution in [0.3, 0.4) is 0 Å². The van der Waals surface area contributed by atoms with Gasteiger partial charge in [-0.05, 0) is 6.92 Å². The summed E-state index contributed by atoms with van der Waals surface area (Å²) in [4.78, 5) is 18.2. The fraction of sp³-hybridized carbons (Fsp3) is 0.222. The van der Waals surface area contributed by atoms with Gasteiger partial charge in [-0.1, -0.05) is 65.8 Å². The van der Waals surface area contributed by atoms with Crippen molar-refractivity contribution in [2.75, 3.05) is 0 Å². The van der Waals surface area contributed by atoms with Crippen molar-refractivity contribution in [1.82, 2.24) is 5.06 Å². The first kappa shape index (κ1) is 15.4. The molecule has 0 spiro atoms. The predicted octanol–water partition coefficient (Wildman–Crippen LogP) is 3.10. The third kappa shape index (κ3) is 2.65. The number of oxime groups is 1. The van der Waals surface area contributed by atoms with E-state index in [4.69, 9.17) is 4.84 Å². The van der Waals surface area contributed by atoms with Crippen molar-refractivity contribution in [2.24, 2.45) is 5.16 Å². The quantitative estimate of drug-likeness (QED) is 0.885. The summed E-state index contributed by atoms with van der Waals surface area (Å²) in [6.07, 6.45) is 0. The van der Waals surface area contributed by atoms with Crippen molar-refractivity contribution in [1.29, 1.82) is 0 Å². The van der Waals surface area contributed by atoms with Crippen LogP contribution in [-0.2, 0) is 4.84 Å². The zero-order valence-corrected chi connectivity index (χ0v) is 13.0. The van der Waals surface area contributed by atoms with E-state index in [9.17, 15) is 10.0 Å². The second-order valence-electron chi connectivity index (χ2n) is 5.63. The lowest BCUT2D eigenvalue weighted by molar-refractivity contribution is -0.266. The topological polar surface area (TPSA) is 62.1 Å².